The number of piperidine rings is 1. The molecular formula is C19H23ClN2O2. The third kappa shape index (κ3) is 3.60. The van der Waals surface area contributed by atoms with Gasteiger partial charge in [0, 0.05) is 36.1 Å². The molecule has 2 unspecified atom stereocenters. The molecule has 2 N–H and O–H groups in total. The van der Waals surface area contributed by atoms with Crippen molar-refractivity contribution in [3.63, 3.8) is 0 Å². The molecule has 1 aliphatic rings. The lowest BCUT2D eigenvalue weighted by Gasteiger charge is -2.38. The molecule has 1 fully saturated rings. The molecule has 24 heavy (non-hydrogen) atoms. The van der Waals surface area contributed by atoms with Gasteiger partial charge in [-0.15, -0.1) is 0 Å². The molecular weight excluding hydrogens is 324 g/mol. The molecule has 0 spiro atoms. The zero-order valence-electron chi connectivity index (χ0n) is 14.0. The van der Waals surface area contributed by atoms with Gasteiger partial charge in [0.15, 0.2) is 0 Å². The van der Waals surface area contributed by atoms with Crippen molar-refractivity contribution in [3.8, 4) is 11.5 Å². The summed E-state index contributed by atoms with van der Waals surface area (Å²) in [6.45, 7) is 1.66. The van der Waals surface area contributed by atoms with Crippen LogP contribution in [0.15, 0.2) is 42.5 Å². The predicted molar refractivity (Wildman–Crippen MR) is 98.5 cm³/mol. The Morgan fingerprint density at radius 2 is 1.92 bits per heavy atom. The highest BCUT2D eigenvalue weighted by Crippen LogP contribution is 2.37. The minimum absolute atomic E-state index is 0.0960. The van der Waals surface area contributed by atoms with Crippen molar-refractivity contribution in [1.82, 2.24) is 0 Å². The molecule has 2 atom stereocenters. The van der Waals surface area contributed by atoms with Gasteiger partial charge in [-0.1, -0.05) is 23.7 Å². The van der Waals surface area contributed by atoms with Gasteiger partial charge in [-0.05, 0) is 36.2 Å². The van der Waals surface area contributed by atoms with E-state index in [0.717, 1.165) is 41.7 Å². The number of nitrogens with zero attached hydrogens (tertiary/aromatic N) is 1. The Hall–Kier alpha value is -1.91. The smallest absolute Gasteiger partial charge is 0.142 e. The van der Waals surface area contributed by atoms with Crippen LogP contribution in [0.25, 0.3) is 0 Å². The van der Waals surface area contributed by atoms with Crippen LogP contribution in [-0.2, 0) is 0 Å². The quantitative estimate of drug-likeness (QED) is 0.917. The summed E-state index contributed by atoms with van der Waals surface area (Å²) in [5.41, 5.74) is 8.58. The fourth-order valence-electron chi connectivity index (χ4n) is 3.38. The van der Waals surface area contributed by atoms with Crippen LogP contribution in [0.2, 0.25) is 5.02 Å². The molecule has 0 aliphatic carbocycles. The first-order valence-corrected chi connectivity index (χ1v) is 8.46. The van der Waals surface area contributed by atoms with Crippen LogP contribution >= 0.6 is 11.6 Å². The summed E-state index contributed by atoms with van der Waals surface area (Å²) in [4.78, 5) is 2.28. The maximum atomic E-state index is 6.34. The van der Waals surface area contributed by atoms with Gasteiger partial charge in [-0.3, -0.25) is 0 Å². The van der Waals surface area contributed by atoms with E-state index in [9.17, 15) is 0 Å². The lowest BCUT2D eigenvalue weighted by molar-refractivity contribution is 0.397. The lowest BCUT2D eigenvalue weighted by atomic mass is 9.88. The van der Waals surface area contributed by atoms with Crippen LogP contribution in [0.3, 0.4) is 0 Å². The largest absolute Gasteiger partial charge is 0.497 e. The van der Waals surface area contributed by atoms with Gasteiger partial charge in [0.1, 0.15) is 11.5 Å². The molecule has 1 saturated heterocycles. The number of methoxy groups -OCH3 is 2. The SMILES string of the molecule is COc1ccc(OC)c(N2CC(N)CC(c3cccc(Cl)c3)C2)c1. The molecule has 0 saturated carbocycles. The van der Waals surface area contributed by atoms with Crippen molar-refractivity contribution in [1.29, 1.82) is 0 Å². The van der Waals surface area contributed by atoms with Crippen LogP contribution in [-0.4, -0.2) is 33.4 Å². The summed E-state index contributed by atoms with van der Waals surface area (Å²) in [6.07, 6.45) is 0.948. The first-order chi connectivity index (χ1) is 11.6. The molecule has 128 valence electrons. The normalized spacial score (nSPS) is 20.8. The zero-order valence-corrected chi connectivity index (χ0v) is 14.8. The molecule has 0 bridgehead atoms. The molecule has 1 aliphatic heterocycles. The van der Waals surface area contributed by atoms with Crippen LogP contribution in [0.4, 0.5) is 5.69 Å². The highest BCUT2D eigenvalue weighted by Gasteiger charge is 2.28. The molecule has 2 aromatic rings. The summed E-state index contributed by atoms with van der Waals surface area (Å²) in [5, 5.41) is 0.761. The summed E-state index contributed by atoms with van der Waals surface area (Å²) in [6, 6.07) is 14.0. The summed E-state index contributed by atoms with van der Waals surface area (Å²) in [7, 11) is 3.35. The fraction of sp³-hybridized carbons (Fsp3) is 0.368. The van der Waals surface area contributed by atoms with Crippen molar-refractivity contribution in [2.75, 3.05) is 32.2 Å². The van der Waals surface area contributed by atoms with Gasteiger partial charge in [0.05, 0.1) is 19.9 Å². The Morgan fingerprint density at radius 3 is 2.62 bits per heavy atom. The molecule has 1 heterocycles. The number of halogens is 1. The maximum Gasteiger partial charge on any atom is 0.142 e. The maximum absolute atomic E-state index is 6.34. The molecule has 0 amide bonds. The van der Waals surface area contributed by atoms with Crippen LogP contribution in [0, 0.1) is 0 Å². The van der Waals surface area contributed by atoms with E-state index in [1.54, 1.807) is 14.2 Å². The monoisotopic (exact) mass is 346 g/mol. The highest BCUT2D eigenvalue weighted by molar-refractivity contribution is 6.30. The van der Waals surface area contributed by atoms with Crippen molar-refractivity contribution >= 4 is 17.3 Å². The van der Waals surface area contributed by atoms with Crippen LogP contribution in [0.5, 0.6) is 11.5 Å². The first-order valence-electron chi connectivity index (χ1n) is 8.08. The summed E-state index contributed by atoms with van der Waals surface area (Å²) in [5.74, 6) is 1.97. The number of ether oxygens (including phenoxy) is 2. The van der Waals surface area contributed by atoms with Gasteiger partial charge in [0.25, 0.3) is 0 Å². The number of rotatable bonds is 4. The summed E-state index contributed by atoms with van der Waals surface area (Å²) >= 11 is 6.16. The standard InChI is InChI=1S/C19H23ClN2O2/c1-23-17-6-7-19(24-2)18(10-17)22-11-14(9-16(21)12-22)13-4-3-5-15(20)8-13/h3-8,10,14,16H,9,11-12,21H2,1-2H3. The molecule has 4 nitrogen and oxygen atoms in total. The average molecular weight is 347 g/mol. The molecule has 2 aromatic carbocycles. The molecule has 0 radical (unpaired) electrons. The minimum atomic E-state index is 0.0960. The minimum Gasteiger partial charge on any atom is -0.497 e. The van der Waals surface area contributed by atoms with Crippen molar-refractivity contribution in [2.45, 2.75) is 18.4 Å². The molecule has 3 rings (SSSR count). The lowest BCUT2D eigenvalue weighted by Crippen LogP contribution is -2.46. The number of hydrogen-bond acceptors (Lipinski definition) is 4. The number of hydrogen-bond donors (Lipinski definition) is 1. The van der Waals surface area contributed by atoms with E-state index in [2.05, 4.69) is 11.0 Å². The first kappa shape index (κ1) is 16.9. The topological polar surface area (TPSA) is 47.7 Å². The van der Waals surface area contributed by atoms with E-state index >= 15 is 0 Å². The van der Waals surface area contributed by atoms with Crippen molar-refractivity contribution in [3.05, 3.63) is 53.1 Å². The Labute approximate surface area is 148 Å². The van der Waals surface area contributed by atoms with Crippen molar-refractivity contribution < 1.29 is 9.47 Å². The second-order valence-corrected chi connectivity index (χ2v) is 6.63. The predicted octanol–water partition coefficient (Wildman–Crippen LogP) is 3.68. The van der Waals surface area contributed by atoms with Gasteiger partial charge >= 0.3 is 0 Å². The van der Waals surface area contributed by atoms with Crippen LogP contribution in [0.1, 0.15) is 17.9 Å². The third-order valence-corrected chi connectivity index (χ3v) is 4.76. The van der Waals surface area contributed by atoms with Crippen molar-refractivity contribution in [2.24, 2.45) is 5.73 Å². The van der Waals surface area contributed by atoms with E-state index in [-0.39, 0.29) is 6.04 Å². The number of benzene rings is 2. The summed E-state index contributed by atoms with van der Waals surface area (Å²) < 4.78 is 10.9. The van der Waals surface area contributed by atoms with Crippen LogP contribution < -0.4 is 20.1 Å². The van der Waals surface area contributed by atoms with Gasteiger partial charge < -0.3 is 20.1 Å². The van der Waals surface area contributed by atoms with Gasteiger partial charge in [-0.2, -0.15) is 0 Å². The Balaban J connectivity index is 1.91. The Bertz CT molecular complexity index is 708. The Morgan fingerprint density at radius 1 is 1.08 bits per heavy atom. The van der Waals surface area contributed by atoms with E-state index in [1.807, 2.05) is 36.4 Å². The molecule has 5 heteroatoms. The molecule has 0 aromatic heterocycles. The number of anilines is 1. The second kappa shape index (κ2) is 7.32. The van der Waals surface area contributed by atoms with E-state index in [4.69, 9.17) is 26.8 Å². The average Bonchev–Trinajstić information content (AvgIpc) is 2.60. The fourth-order valence-corrected chi connectivity index (χ4v) is 3.58. The third-order valence-electron chi connectivity index (χ3n) is 4.53. The number of nitrogens with two attached hydrogens (primary N) is 1. The van der Waals surface area contributed by atoms with E-state index in [0.29, 0.717) is 5.92 Å². The van der Waals surface area contributed by atoms with Gasteiger partial charge in [0.2, 0.25) is 0 Å². The Kier molecular flexibility index (Phi) is 5.17. The van der Waals surface area contributed by atoms with E-state index in [1.165, 1.54) is 5.56 Å². The highest BCUT2D eigenvalue weighted by atomic mass is 35.5. The zero-order chi connectivity index (χ0) is 17.1. The second-order valence-electron chi connectivity index (χ2n) is 6.19. The van der Waals surface area contributed by atoms with E-state index < -0.39 is 0 Å². The van der Waals surface area contributed by atoms with Gasteiger partial charge in [-0.25, -0.2) is 0 Å².